The van der Waals surface area contributed by atoms with E-state index in [2.05, 4.69) is 52.8 Å². The molecular formula is C20H35NO2. The van der Waals surface area contributed by atoms with Gasteiger partial charge in [-0.2, -0.15) is 0 Å². The third-order valence-corrected chi connectivity index (χ3v) is 4.40. The summed E-state index contributed by atoms with van der Waals surface area (Å²) in [7, 11) is 0. The Hall–Kier alpha value is -1.06. The standard InChI is InChI=1S/C20H35NO2/c1-7-11-23-19-10-9-15(13-16(19)20(4,5)6)14(3)12-18(22)17(21)8-2/h9-10,13-14,17-18,22H,7-8,11-12,21H2,1-6H3. The molecule has 1 rings (SSSR count). The second kappa shape index (κ2) is 8.70. The molecule has 0 radical (unpaired) electrons. The first-order valence-corrected chi connectivity index (χ1v) is 8.91. The fourth-order valence-corrected chi connectivity index (χ4v) is 2.72. The highest BCUT2D eigenvalue weighted by atomic mass is 16.5. The van der Waals surface area contributed by atoms with Crippen LogP contribution in [0.3, 0.4) is 0 Å². The maximum Gasteiger partial charge on any atom is 0.123 e. The van der Waals surface area contributed by atoms with Gasteiger partial charge in [-0.05, 0) is 47.8 Å². The monoisotopic (exact) mass is 321 g/mol. The third kappa shape index (κ3) is 5.82. The third-order valence-electron chi connectivity index (χ3n) is 4.40. The smallest absolute Gasteiger partial charge is 0.123 e. The van der Waals surface area contributed by atoms with Crippen molar-refractivity contribution in [1.29, 1.82) is 0 Å². The lowest BCUT2D eigenvalue weighted by molar-refractivity contribution is 0.126. The van der Waals surface area contributed by atoms with Crippen LogP contribution >= 0.6 is 0 Å². The van der Waals surface area contributed by atoms with E-state index in [4.69, 9.17) is 10.5 Å². The molecule has 0 aliphatic heterocycles. The lowest BCUT2D eigenvalue weighted by Crippen LogP contribution is -2.34. The lowest BCUT2D eigenvalue weighted by Gasteiger charge is -2.26. The molecule has 0 spiro atoms. The Labute approximate surface area is 142 Å². The Bertz CT molecular complexity index is 479. The summed E-state index contributed by atoms with van der Waals surface area (Å²) < 4.78 is 5.91. The van der Waals surface area contributed by atoms with E-state index >= 15 is 0 Å². The number of hydrogen-bond acceptors (Lipinski definition) is 3. The number of aliphatic hydroxyl groups excluding tert-OH is 1. The van der Waals surface area contributed by atoms with Crippen molar-refractivity contribution in [3.8, 4) is 5.75 Å². The van der Waals surface area contributed by atoms with Gasteiger partial charge >= 0.3 is 0 Å². The van der Waals surface area contributed by atoms with Crippen LogP contribution in [0.15, 0.2) is 18.2 Å². The van der Waals surface area contributed by atoms with Crippen LogP contribution in [0.4, 0.5) is 0 Å². The molecule has 0 saturated carbocycles. The molecule has 1 aromatic rings. The van der Waals surface area contributed by atoms with Crippen molar-refractivity contribution in [1.82, 2.24) is 0 Å². The van der Waals surface area contributed by atoms with Gasteiger partial charge in [0.2, 0.25) is 0 Å². The first-order chi connectivity index (χ1) is 10.7. The van der Waals surface area contributed by atoms with Crippen LogP contribution in [0.2, 0.25) is 0 Å². The van der Waals surface area contributed by atoms with Gasteiger partial charge < -0.3 is 15.6 Å². The molecule has 3 unspecified atom stereocenters. The highest BCUT2D eigenvalue weighted by Crippen LogP contribution is 2.35. The highest BCUT2D eigenvalue weighted by Gasteiger charge is 2.22. The van der Waals surface area contributed by atoms with Gasteiger partial charge in [0.15, 0.2) is 0 Å². The number of ether oxygens (including phenoxy) is 1. The predicted molar refractivity (Wildman–Crippen MR) is 98.2 cm³/mol. The lowest BCUT2D eigenvalue weighted by atomic mass is 9.83. The summed E-state index contributed by atoms with van der Waals surface area (Å²) in [5.74, 6) is 1.24. The Morgan fingerprint density at radius 2 is 1.87 bits per heavy atom. The van der Waals surface area contributed by atoms with E-state index in [1.807, 2.05) is 6.92 Å². The molecule has 0 heterocycles. The zero-order chi connectivity index (χ0) is 17.6. The second-order valence-electron chi connectivity index (χ2n) is 7.63. The van der Waals surface area contributed by atoms with E-state index in [0.717, 1.165) is 25.2 Å². The summed E-state index contributed by atoms with van der Waals surface area (Å²) in [5, 5.41) is 10.2. The largest absolute Gasteiger partial charge is 0.493 e. The van der Waals surface area contributed by atoms with Crippen LogP contribution in [0, 0.1) is 0 Å². The molecule has 0 amide bonds. The molecule has 3 atom stereocenters. The average molecular weight is 322 g/mol. The Balaban J connectivity index is 3.00. The van der Waals surface area contributed by atoms with Gasteiger partial charge in [-0.3, -0.25) is 0 Å². The summed E-state index contributed by atoms with van der Waals surface area (Å²) in [4.78, 5) is 0. The van der Waals surface area contributed by atoms with Crippen LogP contribution in [0.1, 0.15) is 77.8 Å². The molecule has 0 aliphatic rings. The maximum absolute atomic E-state index is 10.2. The fraction of sp³-hybridized carbons (Fsp3) is 0.700. The van der Waals surface area contributed by atoms with Gasteiger partial charge in [0.05, 0.1) is 12.7 Å². The minimum Gasteiger partial charge on any atom is -0.493 e. The van der Waals surface area contributed by atoms with Gasteiger partial charge in [-0.1, -0.05) is 53.7 Å². The van der Waals surface area contributed by atoms with Crippen LogP contribution < -0.4 is 10.5 Å². The highest BCUT2D eigenvalue weighted by molar-refractivity contribution is 5.42. The molecule has 0 saturated heterocycles. The molecule has 0 fully saturated rings. The van der Waals surface area contributed by atoms with Gasteiger partial charge in [0.1, 0.15) is 5.75 Å². The molecule has 23 heavy (non-hydrogen) atoms. The Morgan fingerprint density at radius 1 is 1.22 bits per heavy atom. The van der Waals surface area contributed by atoms with Gasteiger partial charge in [-0.15, -0.1) is 0 Å². The zero-order valence-corrected chi connectivity index (χ0v) is 15.7. The van der Waals surface area contributed by atoms with Crippen LogP contribution in [-0.4, -0.2) is 23.9 Å². The SMILES string of the molecule is CCCOc1ccc(C(C)CC(O)C(N)CC)cc1C(C)(C)C. The normalized spacial score (nSPS) is 16.0. The van der Waals surface area contributed by atoms with Crippen molar-refractivity contribution in [2.45, 2.75) is 84.3 Å². The van der Waals surface area contributed by atoms with Crippen LogP contribution in [-0.2, 0) is 5.41 Å². The van der Waals surface area contributed by atoms with Gasteiger partial charge in [-0.25, -0.2) is 0 Å². The van der Waals surface area contributed by atoms with Crippen molar-refractivity contribution >= 4 is 0 Å². The first kappa shape index (κ1) is 20.0. The van der Waals surface area contributed by atoms with E-state index in [1.54, 1.807) is 0 Å². The number of nitrogens with two attached hydrogens (primary N) is 1. The minimum atomic E-state index is -0.455. The fourth-order valence-electron chi connectivity index (χ4n) is 2.72. The van der Waals surface area contributed by atoms with Crippen molar-refractivity contribution < 1.29 is 9.84 Å². The van der Waals surface area contributed by atoms with E-state index in [-0.39, 0.29) is 17.4 Å². The minimum absolute atomic E-state index is 0.0250. The topological polar surface area (TPSA) is 55.5 Å². The average Bonchev–Trinajstić information content (AvgIpc) is 2.50. The van der Waals surface area contributed by atoms with Crippen LogP contribution in [0.5, 0.6) is 5.75 Å². The molecule has 3 nitrogen and oxygen atoms in total. The van der Waals surface area contributed by atoms with Crippen molar-refractivity contribution in [2.24, 2.45) is 5.73 Å². The number of hydrogen-bond donors (Lipinski definition) is 2. The molecule has 0 aromatic heterocycles. The first-order valence-electron chi connectivity index (χ1n) is 8.91. The summed E-state index contributed by atoms with van der Waals surface area (Å²) in [6.07, 6.45) is 2.03. The van der Waals surface area contributed by atoms with Gasteiger partial charge in [0, 0.05) is 6.04 Å². The second-order valence-corrected chi connectivity index (χ2v) is 7.63. The molecule has 0 bridgehead atoms. The van der Waals surface area contributed by atoms with Crippen molar-refractivity contribution in [3.63, 3.8) is 0 Å². The van der Waals surface area contributed by atoms with Gasteiger partial charge in [0.25, 0.3) is 0 Å². The molecule has 132 valence electrons. The molecular weight excluding hydrogens is 286 g/mol. The predicted octanol–water partition coefficient (Wildman–Crippen LogP) is 4.36. The quantitative estimate of drug-likeness (QED) is 0.748. The molecule has 3 heteroatoms. The van der Waals surface area contributed by atoms with Crippen molar-refractivity contribution in [3.05, 3.63) is 29.3 Å². The van der Waals surface area contributed by atoms with E-state index < -0.39 is 6.10 Å². The number of benzene rings is 1. The Kier molecular flexibility index (Phi) is 7.56. The van der Waals surface area contributed by atoms with E-state index in [0.29, 0.717) is 6.42 Å². The molecule has 3 N–H and O–H groups in total. The number of rotatable bonds is 8. The summed E-state index contributed by atoms with van der Waals surface area (Å²) in [6, 6.07) is 6.29. The maximum atomic E-state index is 10.2. The summed E-state index contributed by atoms with van der Waals surface area (Å²) in [5.41, 5.74) is 8.44. The summed E-state index contributed by atoms with van der Waals surface area (Å²) >= 11 is 0. The molecule has 0 aliphatic carbocycles. The molecule has 1 aromatic carbocycles. The zero-order valence-electron chi connectivity index (χ0n) is 15.7. The summed E-state index contributed by atoms with van der Waals surface area (Å²) in [6.45, 7) is 13.6. The number of aliphatic hydroxyl groups is 1. The van der Waals surface area contributed by atoms with Crippen LogP contribution in [0.25, 0.3) is 0 Å². The van der Waals surface area contributed by atoms with E-state index in [1.165, 1.54) is 11.1 Å². The van der Waals surface area contributed by atoms with Crippen molar-refractivity contribution in [2.75, 3.05) is 6.61 Å². The Morgan fingerprint density at radius 3 is 2.39 bits per heavy atom. The van der Waals surface area contributed by atoms with E-state index in [9.17, 15) is 5.11 Å².